The number of phenols is 1. The molecule has 21 heavy (non-hydrogen) atoms. The quantitative estimate of drug-likeness (QED) is 0.796. The third kappa shape index (κ3) is 3.57. The number of hydrogen-bond donors (Lipinski definition) is 3. The summed E-state index contributed by atoms with van der Waals surface area (Å²) in [6.07, 6.45) is 1.05. The molecule has 0 spiro atoms. The highest BCUT2D eigenvalue weighted by molar-refractivity contribution is 5.69. The van der Waals surface area contributed by atoms with E-state index in [-0.39, 0.29) is 16.6 Å². The van der Waals surface area contributed by atoms with Crippen LogP contribution in [0.1, 0.15) is 46.6 Å². The van der Waals surface area contributed by atoms with Gasteiger partial charge in [0.2, 0.25) is 0 Å². The minimum absolute atomic E-state index is 0.0201. The Morgan fingerprint density at radius 1 is 1.14 bits per heavy atom. The van der Waals surface area contributed by atoms with Crippen LogP contribution in [0.3, 0.4) is 0 Å². The van der Waals surface area contributed by atoms with Crippen molar-refractivity contribution >= 4 is 5.82 Å². The zero-order valence-corrected chi connectivity index (χ0v) is 13.5. The molecule has 4 heteroatoms. The van der Waals surface area contributed by atoms with E-state index in [1.54, 1.807) is 12.1 Å². The van der Waals surface area contributed by atoms with E-state index >= 15 is 0 Å². The molecule has 0 radical (unpaired) electrons. The molecule has 4 nitrogen and oxygen atoms in total. The van der Waals surface area contributed by atoms with Crippen LogP contribution in [0.5, 0.6) is 5.75 Å². The van der Waals surface area contributed by atoms with Crippen molar-refractivity contribution in [2.24, 2.45) is 5.41 Å². The van der Waals surface area contributed by atoms with Gasteiger partial charge in [-0.25, -0.2) is 0 Å². The second-order valence-electron chi connectivity index (χ2n) is 7.56. The Kier molecular flexibility index (Phi) is 3.74. The lowest BCUT2D eigenvalue weighted by Crippen LogP contribution is -2.24. The number of nitrogens with two attached hydrogens (primary N) is 1. The van der Waals surface area contributed by atoms with Crippen molar-refractivity contribution in [2.75, 3.05) is 5.73 Å². The number of aromatic amines is 1. The van der Waals surface area contributed by atoms with E-state index in [1.807, 2.05) is 12.1 Å². The maximum Gasteiger partial charge on any atom is 0.145 e. The largest absolute Gasteiger partial charge is 0.507 e. The van der Waals surface area contributed by atoms with Gasteiger partial charge in [-0.3, -0.25) is 5.10 Å². The Morgan fingerprint density at radius 3 is 2.33 bits per heavy atom. The Morgan fingerprint density at radius 2 is 1.81 bits per heavy atom. The molecule has 0 bridgehead atoms. The first-order valence-electron chi connectivity index (χ1n) is 7.23. The van der Waals surface area contributed by atoms with Crippen LogP contribution in [-0.4, -0.2) is 15.3 Å². The van der Waals surface area contributed by atoms with Crippen LogP contribution in [0.2, 0.25) is 0 Å². The van der Waals surface area contributed by atoms with E-state index in [0.717, 1.165) is 17.7 Å². The fraction of sp³-hybridized carbons (Fsp3) is 0.471. The molecule has 0 atom stereocenters. The predicted molar refractivity (Wildman–Crippen MR) is 87.2 cm³/mol. The van der Waals surface area contributed by atoms with Gasteiger partial charge in [-0.1, -0.05) is 40.7 Å². The van der Waals surface area contributed by atoms with E-state index in [0.29, 0.717) is 5.82 Å². The molecule has 0 aliphatic heterocycles. The molecule has 2 aromatic rings. The molecule has 1 heterocycles. The molecule has 0 amide bonds. The smallest absolute Gasteiger partial charge is 0.145 e. The highest BCUT2D eigenvalue weighted by Crippen LogP contribution is 2.39. The second-order valence-corrected chi connectivity index (χ2v) is 7.56. The SMILES string of the molecule is CC(C)(C)CC(C)(C)c1ccc(O)c(-c2cc(N)n[nH]2)c1. The third-order valence-electron chi connectivity index (χ3n) is 3.64. The van der Waals surface area contributed by atoms with Gasteiger partial charge in [-0.05, 0) is 34.9 Å². The molecule has 2 rings (SSSR count). The zero-order chi connectivity index (χ0) is 15.8. The fourth-order valence-electron chi connectivity index (χ4n) is 3.08. The van der Waals surface area contributed by atoms with Crippen molar-refractivity contribution < 1.29 is 5.11 Å². The molecular weight excluding hydrogens is 262 g/mol. The van der Waals surface area contributed by atoms with E-state index < -0.39 is 0 Å². The molecule has 1 aromatic carbocycles. The number of rotatable bonds is 3. The van der Waals surface area contributed by atoms with Gasteiger partial charge in [0.25, 0.3) is 0 Å². The fourth-order valence-corrected chi connectivity index (χ4v) is 3.08. The Balaban J connectivity index is 2.43. The van der Waals surface area contributed by atoms with Crippen LogP contribution in [0, 0.1) is 5.41 Å². The van der Waals surface area contributed by atoms with Gasteiger partial charge in [-0.15, -0.1) is 0 Å². The van der Waals surface area contributed by atoms with Crippen molar-refractivity contribution in [1.29, 1.82) is 0 Å². The summed E-state index contributed by atoms with van der Waals surface area (Å²) in [5.41, 5.74) is 8.57. The summed E-state index contributed by atoms with van der Waals surface area (Å²) in [6.45, 7) is 11.2. The minimum atomic E-state index is 0.0201. The highest BCUT2D eigenvalue weighted by atomic mass is 16.3. The van der Waals surface area contributed by atoms with Gasteiger partial charge in [0.1, 0.15) is 11.6 Å². The maximum absolute atomic E-state index is 10.1. The van der Waals surface area contributed by atoms with Gasteiger partial charge in [0.05, 0.1) is 5.69 Å². The molecule has 0 aliphatic carbocycles. The van der Waals surface area contributed by atoms with E-state index in [4.69, 9.17) is 5.73 Å². The number of aromatic hydroxyl groups is 1. The summed E-state index contributed by atoms with van der Waals surface area (Å²) in [6, 6.07) is 7.49. The third-order valence-corrected chi connectivity index (χ3v) is 3.64. The number of nitrogen functional groups attached to an aromatic ring is 1. The second kappa shape index (κ2) is 5.10. The van der Waals surface area contributed by atoms with Crippen molar-refractivity contribution in [3.8, 4) is 17.0 Å². The van der Waals surface area contributed by atoms with Crippen LogP contribution in [0.25, 0.3) is 11.3 Å². The summed E-state index contributed by atoms with van der Waals surface area (Å²) in [7, 11) is 0. The number of anilines is 1. The molecule has 0 aliphatic rings. The number of nitrogens with zero attached hydrogens (tertiary/aromatic N) is 1. The van der Waals surface area contributed by atoms with Crippen molar-refractivity contribution in [1.82, 2.24) is 10.2 Å². The molecule has 4 N–H and O–H groups in total. The molecule has 114 valence electrons. The average Bonchev–Trinajstić information content (AvgIpc) is 2.72. The number of aromatic nitrogens is 2. The first-order chi connectivity index (χ1) is 9.58. The van der Waals surface area contributed by atoms with E-state index in [2.05, 4.69) is 44.8 Å². The number of benzene rings is 1. The van der Waals surface area contributed by atoms with Crippen LogP contribution in [-0.2, 0) is 5.41 Å². The van der Waals surface area contributed by atoms with Crippen molar-refractivity contribution in [3.05, 3.63) is 29.8 Å². The Bertz CT molecular complexity index is 636. The lowest BCUT2D eigenvalue weighted by molar-refractivity contribution is 0.284. The molecule has 0 saturated heterocycles. The van der Waals surface area contributed by atoms with Crippen LogP contribution < -0.4 is 5.73 Å². The Hall–Kier alpha value is -1.97. The lowest BCUT2D eigenvalue weighted by Gasteiger charge is -2.33. The Labute approximate surface area is 126 Å². The van der Waals surface area contributed by atoms with E-state index in [9.17, 15) is 5.11 Å². The van der Waals surface area contributed by atoms with E-state index in [1.165, 1.54) is 5.56 Å². The predicted octanol–water partition coefficient (Wildman–Crippen LogP) is 4.08. The number of hydrogen-bond acceptors (Lipinski definition) is 3. The average molecular weight is 287 g/mol. The molecule has 0 saturated carbocycles. The first kappa shape index (κ1) is 15.4. The molecular formula is C17H25N3O. The first-order valence-corrected chi connectivity index (χ1v) is 7.23. The monoisotopic (exact) mass is 287 g/mol. The number of phenolic OH excluding ortho intramolecular Hbond substituents is 1. The standard InChI is InChI=1S/C17H25N3O/c1-16(2,3)10-17(4,5)11-6-7-14(21)12(8-11)13-9-15(18)20-19-13/h6-9,21H,10H2,1-5H3,(H3,18,19,20). The summed E-state index contributed by atoms with van der Waals surface area (Å²) in [4.78, 5) is 0. The topological polar surface area (TPSA) is 74.9 Å². The summed E-state index contributed by atoms with van der Waals surface area (Å²) in [5.74, 6) is 0.651. The summed E-state index contributed by atoms with van der Waals surface area (Å²) in [5, 5.41) is 16.9. The highest BCUT2D eigenvalue weighted by Gasteiger charge is 2.28. The normalized spacial score (nSPS) is 12.6. The summed E-state index contributed by atoms with van der Waals surface area (Å²) < 4.78 is 0. The van der Waals surface area contributed by atoms with Crippen molar-refractivity contribution in [2.45, 2.75) is 46.5 Å². The zero-order valence-electron chi connectivity index (χ0n) is 13.5. The van der Waals surface area contributed by atoms with Gasteiger partial charge in [-0.2, -0.15) is 5.10 Å². The van der Waals surface area contributed by atoms with Crippen LogP contribution >= 0.6 is 0 Å². The van der Waals surface area contributed by atoms with Crippen molar-refractivity contribution in [3.63, 3.8) is 0 Å². The van der Waals surface area contributed by atoms with Gasteiger partial charge in [0, 0.05) is 11.6 Å². The molecule has 1 aromatic heterocycles. The maximum atomic E-state index is 10.1. The number of nitrogens with one attached hydrogen (secondary N) is 1. The summed E-state index contributed by atoms with van der Waals surface area (Å²) >= 11 is 0. The van der Waals surface area contributed by atoms with Gasteiger partial charge in [0.15, 0.2) is 0 Å². The lowest BCUT2D eigenvalue weighted by atomic mass is 9.72. The number of H-pyrrole nitrogens is 1. The molecule has 0 unspecified atom stereocenters. The minimum Gasteiger partial charge on any atom is -0.507 e. The van der Waals surface area contributed by atoms with Crippen LogP contribution in [0.15, 0.2) is 24.3 Å². The molecule has 0 fully saturated rings. The van der Waals surface area contributed by atoms with Crippen LogP contribution in [0.4, 0.5) is 5.82 Å². The van der Waals surface area contributed by atoms with Gasteiger partial charge >= 0.3 is 0 Å². The van der Waals surface area contributed by atoms with Gasteiger partial charge < -0.3 is 10.8 Å².